The number of rotatable bonds is 5. The molecule has 2 aromatic heterocycles. The van der Waals surface area contributed by atoms with Crippen LogP contribution in [0.1, 0.15) is 5.56 Å². The maximum absolute atomic E-state index is 6.07. The minimum Gasteiger partial charge on any atom is -0.457 e. The molecule has 0 radical (unpaired) electrons. The van der Waals surface area contributed by atoms with E-state index < -0.39 is 0 Å². The van der Waals surface area contributed by atoms with E-state index in [-0.39, 0.29) is 0 Å². The van der Waals surface area contributed by atoms with Crippen LogP contribution in [-0.4, -0.2) is 4.98 Å². The van der Waals surface area contributed by atoms with Crippen LogP contribution in [0.3, 0.4) is 0 Å². The summed E-state index contributed by atoms with van der Waals surface area (Å²) in [6, 6.07) is 19.3. The molecule has 0 atom stereocenters. The second-order valence-electron chi connectivity index (χ2n) is 5.76. The van der Waals surface area contributed by atoms with E-state index >= 15 is 0 Å². The number of hydrogen-bond acceptors (Lipinski definition) is 6. The average Bonchev–Trinajstić information content (AvgIpc) is 3.04. The molecular formula is C20H17N3O2S. The molecule has 0 aliphatic heterocycles. The van der Waals surface area contributed by atoms with E-state index in [4.69, 9.17) is 20.6 Å². The molecule has 0 saturated heterocycles. The first-order chi connectivity index (χ1) is 12.7. The topological polar surface area (TPSA) is 87.3 Å². The molecule has 4 aromatic rings. The predicted octanol–water partition coefficient (Wildman–Crippen LogP) is 5.08. The molecule has 26 heavy (non-hydrogen) atoms. The van der Waals surface area contributed by atoms with E-state index in [1.54, 1.807) is 24.1 Å². The van der Waals surface area contributed by atoms with Crippen molar-refractivity contribution in [1.82, 2.24) is 4.98 Å². The summed E-state index contributed by atoms with van der Waals surface area (Å²) in [5, 5.41) is 0.823. The fraction of sp³-hybridized carbons (Fsp3) is 0.0500. The number of furan rings is 1. The number of anilines is 2. The van der Waals surface area contributed by atoms with Crippen LogP contribution in [0.5, 0.6) is 11.5 Å². The van der Waals surface area contributed by atoms with E-state index in [9.17, 15) is 0 Å². The highest BCUT2D eigenvalue weighted by Gasteiger charge is 2.12. The Labute approximate surface area is 155 Å². The van der Waals surface area contributed by atoms with Gasteiger partial charge in [-0.1, -0.05) is 24.3 Å². The quantitative estimate of drug-likeness (QED) is 0.481. The lowest BCUT2D eigenvalue weighted by Crippen LogP contribution is -1.95. The van der Waals surface area contributed by atoms with Gasteiger partial charge in [0.1, 0.15) is 17.3 Å². The van der Waals surface area contributed by atoms with Gasteiger partial charge in [0, 0.05) is 28.0 Å². The monoisotopic (exact) mass is 363 g/mol. The van der Waals surface area contributed by atoms with Crippen molar-refractivity contribution in [3.05, 3.63) is 72.5 Å². The summed E-state index contributed by atoms with van der Waals surface area (Å²) in [6.07, 6.45) is 1.69. The second kappa shape index (κ2) is 7.01. The number of hydrogen-bond donors (Lipinski definition) is 2. The molecule has 130 valence electrons. The molecule has 0 aliphatic rings. The highest BCUT2D eigenvalue weighted by atomic mass is 32.2. The van der Waals surface area contributed by atoms with Crippen molar-refractivity contribution in [2.45, 2.75) is 10.6 Å². The van der Waals surface area contributed by atoms with Crippen LogP contribution in [0.15, 0.2) is 76.2 Å². The summed E-state index contributed by atoms with van der Waals surface area (Å²) in [5.74, 6) is 2.67. The van der Waals surface area contributed by atoms with Crippen molar-refractivity contribution >= 4 is 34.4 Å². The molecule has 0 saturated carbocycles. The number of fused-ring (bicyclic) bond motifs is 1. The summed E-state index contributed by atoms with van der Waals surface area (Å²) < 4.78 is 11.4. The van der Waals surface area contributed by atoms with Gasteiger partial charge in [-0.2, -0.15) is 4.98 Å². The zero-order chi connectivity index (χ0) is 17.9. The lowest BCUT2D eigenvalue weighted by molar-refractivity contribution is 0.481. The van der Waals surface area contributed by atoms with Crippen molar-refractivity contribution in [3.63, 3.8) is 0 Å². The van der Waals surface area contributed by atoms with Crippen LogP contribution in [0, 0.1) is 0 Å². The van der Waals surface area contributed by atoms with Crippen molar-refractivity contribution in [3.8, 4) is 11.5 Å². The van der Waals surface area contributed by atoms with Gasteiger partial charge in [-0.15, -0.1) is 11.8 Å². The van der Waals surface area contributed by atoms with Gasteiger partial charge >= 0.3 is 0 Å². The Kier molecular flexibility index (Phi) is 4.41. The van der Waals surface area contributed by atoms with E-state index in [0.29, 0.717) is 23.0 Å². The largest absolute Gasteiger partial charge is 0.457 e. The Bertz CT molecular complexity index is 1050. The molecule has 0 aliphatic carbocycles. The van der Waals surface area contributed by atoms with Gasteiger partial charge in [0.15, 0.2) is 0 Å². The van der Waals surface area contributed by atoms with Crippen molar-refractivity contribution in [1.29, 1.82) is 0 Å². The molecule has 0 fully saturated rings. The third-order valence-electron chi connectivity index (χ3n) is 3.85. The molecule has 2 heterocycles. The normalized spacial score (nSPS) is 10.9. The summed E-state index contributed by atoms with van der Waals surface area (Å²) in [5.41, 5.74) is 13.8. The summed E-state index contributed by atoms with van der Waals surface area (Å²) in [6.45, 7) is 0. The van der Waals surface area contributed by atoms with Crippen LogP contribution >= 0.6 is 11.8 Å². The molecule has 6 heteroatoms. The second-order valence-corrected chi connectivity index (χ2v) is 6.80. The zero-order valence-electron chi connectivity index (χ0n) is 13.9. The number of nitrogens with two attached hydrogens (primary N) is 2. The third-order valence-corrected chi connectivity index (χ3v) is 4.89. The van der Waals surface area contributed by atoms with Gasteiger partial charge in [-0.25, -0.2) is 0 Å². The summed E-state index contributed by atoms with van der Waals surface area (Å²) >= 11 is 1.68. The van der Waals surface area contributed by atoms with Gasteiger partial charge in [0.25, 0.3) is 0 Å². The highest BCUT2D eigenvalue weighted by Crippen LogP contribution is 2.33. The maximum Gasteiger partial charge on any atom is 0.230 e. The first kappa shape index (κ1) is 16.4. The van der Waals surface area contributed by atoms with Crippen molar-refractivity contribution in [2.75, 3.05) is 11.5 Å². The zero-order valence-corrected chi connectivity index (χ0v) is 14.7. The Balaban J connectivity index is 1.51. The number of thioether (sulfide) groups is 1. The van der Waals surface area contributed by atoms with E-state index in [1.165, 1.54) is 0 Å². The third kappa shape index (κ3) is 3.45. The Morgan fingerprint density at radius 2 is 1.77 bits per heavy atom. The van der Waals surface area contributed by atoms with Crippen LogP contribution < -0.4 is 16.2 Å². The molecule has 4 rings (SSSR count). The standard InChI is InChI=1S/C20H17N3O2S/c21-17-10-18(22)23-20-19(17)13(11-24-20)12-26-16-8-4-7-15(9-16)25-14-5-2-1-3-6-14/h1-11H,12H2,(H4,21,22,23). The SMILES string of the molecule is Nc1cc(N)c2c(CSc3cccc(Oc4ccccc4)c3)coc2n1. The van der Waals surface area contributed by atoms with E-state index in [0.717, 1.165) is 27.3 Å². The van der Waals surface area contributed by atoms with Gasteiger partial charge in [0.2, 0.25) is 5.71 Å². The van der Waals surface area contributed by atoms with Crippen LogP contribution in [0.4, 0.5) is 11.5 Å². The molecule has 0 unspecified atom stereocenters. The van der Waals surface area contributed by atoms with Gasteiger partial charge in [-0.3, -0.25) is 0 Å². The molecule has 4 N–H and O–H groups in total. The van der Waals surface area contributed by atoms with Crippen LogP contribution in [-0.2, 0) is 5.75 Å². The first-order valence-electron chi connectivity index (χ1n) is 8.07. The lowest BCUT2D eigenvalue weighted by atomic mass is 10.2. The van der Waals surface area contributed by atoms with Gasteiger partial charge in [-0.05, 0) is 30.3 Å². The minimum atomic E-state index is 0.356. The Morgan fingerprint density at radius 3 is 2.62 bits per heavy atom. The molecule has 5 nitrogen and oxygen atoms in total. The molecular weight excluding hydrogens is 346 g/mol. The maximum atomic E-state index is 6.07. The van der Waals surface area contributed by atoms with E-state index in [2.05, 4.69) is 4.98 Å². The fourth-order valence-electron chi connectivity index (χ4n) is 2.67. The lowest BCUT2D eigenvalue weighted by Gasteiger charge is -2.07. The first-order valence-corrected chi connectivity index (χ1v) is 9.05. The smallest absolute Gasteiger partial charge is 0.230 e. The van der Waals surface area contributed by atoms with E-state index in [1.807, 2.05) is 54.6 Å². The predicted molar refractivity (Wildman–Crippen MR) is 105 cm³/mol. The number of nitrogens with zero attached hydrogens (tertiary/aromatic N) is 1. The number of nitrogen functional groups attached to an aromatic ring is 2. The van der Waals surface area contributed by atoms with Gasteiger partial charge < -0.3 is 20.6 Å². The Hall–Kier alpha value is -3.12. The van der Waals surface area contributed by atoms with Crippen molar-refractivity contribution < 1.29 is 9.15 Å². The van der Waals surface area contributed by atoms with Crippen LogP contribution in [0.2, 0.25) is 0 Å². The summed E-state index contributed by atoms with van der Waals surface area (Å²) in [7, 11) is 0. The summed E-state index contributed by atoms with van der Waals surface area (Å²) in [4.78, 5) is 5.27. The Morgan fingerprint density at radius 1 is 0.962 bits per heavy atom. The van der Waals surface area contributed by atoms with Gasteiger partial charge in [0.05, 0.1) is 11.6 Å². The average molecular weight is 363 g/mol. The fourth-order valence-corrected chi connectivity index (χ4v) is 3.58. The number of para-hydroxylation sites is 1. The number of benzene rings is 2. The molecule has 2 aromatic carbocycles. The minimum absolute atomic E-state index is 0.356. The number of ether oxygens (including phenoxy) is 1. The van der Waals surface area contributed by atoms with Crippen LogP contribution in [0.25, 0.3) is 11.1 Å². The molecule has 0 spiro atoms. The number of aromatic nitrogens is 1. The molecule has 0 amide bonds. The number of pyridine rings is 1. The highest BCUT2D eigenvalue weighted by molar-refractivity contribution is 7.98. The molecule has 0 bridgehead atoms. The van der Waals surface area contributed by atoms with Crippen molar-refractivity contribution in [2.24, 2.45) is 0 Å².